The molecule has 0 aromatic heterocycles. The van der Waals surface area contributed by atoms with Crippen LogP contribution in [0.15, 0.2) is 30.3 Å². The molecule has 21 heavy (non-hydrogen) atoms. The summed E-state index contributed by atoms with van der Waals surface area (Å²) >= 11 is 0. The van der Waals surface area contributed by atoms with Gasteiger partial charge in [0.15, 0.2) is 0 Å². The summed E-state index contributed by atoms with van der Waals surface area (Å²) in [6.07, 6.45) is 13.3. The number of rotatable bonds is 1. The third-order valence-electron chi connectivity index (χ3n) is 6.91. The molecule has 4 saturated carbocycles. The lowest BCUT2D eigenvalue weighted by Crippen LogP contribution is -2.59. The zero-order chi connectivity index (χ0) is 14.1. The van der Waals surface area contributed by atoms with Gasteiger partial charge in [0.2, 0.25) is 0 Å². The highest BCUT2D eigenvalue weighted by Gasteiger charge is 2.59. The van der Waals surface area contributed by atoms with Crippen LogP contribution in [-0.2, 0) is 0 Å². The van der Waals surface area contributed by atoms with E-state index < -0.39 is 0 Å². The van der Waals surface area contributed by atoms with E-state index in [0.717, 1.165) is 23.5 Å². The van der Waals surface area contributed by atoms with E-state index in [1.165, 1.54) is 44.1 Å². The molecule has 1 heteroatoms. The van der Waals surface area contributed by atoms with Crippen molar-refractivity contribution in [3.63, 3.8) is 0 Å². The predicted molar refractivity (Wildman–Crippen MR) is 85.1 cm³/mol. The van der Waals surface area contributed by atoms with Crippen LogP contribution >= 0.6 is 0 Å². The summed E-state index contributed by atoms with van der Waals surface area (Å²) in [5.74, 6) is 4.00. The molecule has 1 aromatic carbocycles. The molecule has 1 unspecified atom stereocenters. The first-order valence-corrected chi connectivity index (χ1v) is 8.63. The Kier molecular flexibility index (Phi) is 2.31. The summed E-state index contributed by atoms with van der Waals surface area (Å²) in [5, 5.41) is 0. The number of hydrogen-bond acceptors (Lipinski definition) is 1. The van der Waals surface area contributed by atoms with Crippen molar-refractivity contribution < 1.29 is 4.74 Å². The van der Waals surface area contributed by atoms with E-state index >= 15 is 0 Å². The van der Waals surface area contributed by atoms with Crippen molar-refractivity contribution in [2.24, 2.45) is 23.2 Å². The minimum Gasteiger partial charge on any atom is -0.482 e. The van der Waals surface area contributed by atoms with Gasteiger partial charge >= 0.3 is 0 Å². The minimum atomic E-state index is -0.0998. The van der Waals surface area contributed by atoms with Crippen LogP contribution in [-0.4, -0.2) is 5.60 Å². The molecular formula is C20H24O. The van der Waals surface area contributed by atoms with Crippen molar-refractivity contribution in [3.05, 3.63) is 35.9 Å². The zero-order valence-electron chi connectivity index (χ0n) is 12.8. The van der Waals surface area contributed by atoms with Gasteiger partial charge in [0.25, 0.3) is 0 Å². The zero-order valence-corrected chi connectivity index (χ0v) is 12.8. The van der Waals surface area contributed by atoms with Crippen LogP contribution in [0, 0.1) is 23.2 Å². The van der Waals surface area contributed by atoms with Gasteiger partial charge in [-0.25, -0.2) is 0 Å². The van der Waals surface area contributed by atoms with E-state index in [-0.39, 0.29) is 5.60 Å². The first kappa shape index (κ1) is 12.3. The number of ether oxygens (including phenoxy) is 1. The Labute approximate surface area is 127 Å². The molecule has 1 aromatic rings. The Morgan fingerprint density at radius 2 is 1.57 bits per heavy atom. The van der Waals surface area contributed by atoms with E-state index in [2.05, 4.69) is 43.3 Å². The van der Waals surface area contributed by atoms with Gasteiger partial charge in [-0.05, 0) is 75.3 Å². The van der Waals surface area contributed by atoms with Gasteiger partial charge in [-0.2, -0.15) is 0 Å². The quantitative estimate of drug-likeness (QED) is 0.698. The summed E-state index contributed by atoms with van der Waals surface area (Å²) < 4.78 is 6.62. The normalized spacial score (nSPS) is 46.2. The molecule has 4 bridgehead atoms. The van der Waals surface area contributed by atoms with Crippen LogP contribution in [0.5, 0.6) is 5.75 Å². The second kappa shape index (κ2) is 3.94. The molecule has 0 saturated heterocycles. The number of para-hydroxylation sites is 1. The fourth-order valence-electron chi connectivity index (χ4n) is 6.23. The number of hydrogen-bond donors (Lipinski definition) is 0. The fraction of sp³-hybridized carbons (Fsp3) is 0.600. The van der Waals surface area contributed by atoms with Crippen molar-refractivity contribution in [2.45, 2.75) is 51.0 Å². The van der Waals surface area contributed by atoms with Gasteiger partial charge < -0.3 is 4.74 Å². The third-order valence-corrected chi connectivity index (χ3v) is 6.91. The summed E-state index contributed by atoms with van der Waals surface area (Å²) in [5.41, 5.74) is 1.53. The average molecular weight is 280 g/mol. The summed E-state index contributed by atoms with van der Waals surface area (Å²) in [6, 6.07) is 8.49. The van der Waals surface area contributed by atoms with Gasteiger partial charge in [-0.1, -0.05) is 24.3 Å². The molecule has 5 aliphatic rings. The van der Waals surface area contributed by atoms with E-state index in [9.17, 15) is 0 Å². The van der Waals surface area contributed by atoms with Crippen LogP contribution in [0.4, 0.5) is 0 Å². The Bertz CT molecular complexity index is 579. The molecule has 4 fully saturated rings. The maximum Gasteiger partial charge on any atom is 0.130 e. The molecule has 1 atom stereocenters. The van der Waals surface area contributed by atoms with E-state index in [1.54, 1.807) is 0 Å². The van der Waals surface area contributed by atoms with Crippen LogP contribution in [0.25, 0.3) is 6.08 Å². The molecule has 0 amide bonds. The Morgan fingerprint density at radius 3 is 2.24 bits per heavy atom. The first-order valence-electron chi connectivity index (χ1n) is 8.63. The molecule has 1 nitrogen and oxygen atoms in total. The van der Waals surface area contributed by atoms with Crippen molar-refractivity contribution >= 4 is 6.08 Å². The lowest BCUT2D eigenvalue weighted by Gasteiger charge is -2.62. The molecule has 6 rings (SSSR count). The molecule has 110 valence electrons. The third kappa shape index (κ3) is 1.64. The van der Waals surface area contributed by atoms with Gasteiger partial charge in [0.1, 0.15) is 11.4 Å². The summed E-state index contributed by atoms with van der Waals surface area (Å²) in [4.78, 5) is 0. The van der Waals surface area contributed by atoms with Gasteiger partial charge in [0.05, 0.1) is 0 Å². The van der Waals surface area contributed by atoms with E-state index in [0.29, 0.717) is 5.41 Å². The van der Waals surface area contributed by atoms with Crippen LogP contribution in [0.1, 0.15) is 51.0 Å². The van der Waals surface area contributed by atoms with Crippen LogP contribution in [0.2, 0.25) is 0 Å². The SMILES string of the molecule is CC1(C23CC4CC(CC(C4)C2)C3)C=Cc2ccccc2O1. The fourth-order valence-corrected chi connectivity index (χ4v) is 6.23. The second-order valence-corrected chi connectivity index (χ2v) is 8.28. The monoisotopic (exact) mass is 280 g/mol. The molecule has 0 radical (unpaired) electrons. The van der Waals surface area contributed by atoms with Crippen molar-refractivity contribution in [1.29, 1.82) is 0 Å². The van der Waals surface area contributed by atoms with Crippen LogP contribution in [0.3, 0.4) is 0 Å². The standard InChI is InChI=1S/C20H24O/c1-19(7-6-17-4-2-3-5-18(17)21-19)20-11-14-8-15(12-20)10-16(9-14)13-20/h2-7,14-16H,8-13H2,1H3. The van der Waals surface area contributed by atoms with Gasteiger partial charge in [-0.15, -0.1) is 0 Å². The molecule has 0 spiro atoms. The summed E-state index contributed by atoms with van der Waals surface area (Å²) in [7, 11) is 0. The van der Waals surface area contributed by atoms with E-state index in [1.807, 2.05) is 0 Å². The largest absolute Gasteiger partial charge is 0.482 e. The second-order valence-electron chi connectivity index (χ2n) is 8.28. The Morgan fingerprint density at radius 1 is 0.952 bits per heavy atom. The van der Waals surface area contributed by atoms with Gasteiger partial charge in [-0.3, -0.25) is 0 Å². The van der Waals surface area contributed by atoms with Gasteiger partial charge in [0, 0.05) is 11.0 Å². The highest BCUT2D eigenvalue weighted by atomic mass is 16.5. The average Bonchev–Trinajstić information content (AvgIpc) is 2.45. The molecule has 0 N–H and O–H groups in total. The van der Waals surface area contributed by atoms with Crippen molar-refractivity contribution in [3.8, 4) is 5.75 Å². The number of benzene rings is 1. The first-order chi connectivity index (χ1) is 10.2. The molecule has 1 aliphatic heterocycles. The Hall–Kier alpha value is -1.24. The minimum absolute atomic E-state index is 0.0998. The number of fused-ring (bicyclic) bond motifs is 1. The molecular weight excluding hydrogens is 256 g/mol. The highest BCUT2D eigenvalue weighted by Crippen LogP contribution is 2.65. The summed E-state index contributed by atoms with van der Waals surface area (Å²) in [6.45, 7) is 2.35. The highest BCUT2D eigenvalue weighted by molar-refractivity contribution is 5.61. The topological polar surface area (TPSA) is 9.23 Å². The predicted octanol–water partition coefficient (Wildman–Crippen LogP) is 5.07. The lowest BCUT2D eigenvalue weighted by molar-refractivity contribution is -0.138. The van der Waals surface area contributed by atoms with Crippen molar-refractivity contribution in [1.82, 2.24) is 0 Å². The van der Waals surface area contributed by atoms with Crippen LogP contribution < -0.4 is 4.74 Å². The van der Waals surface area contributed by atoms with Crippen molar-refractivity contribution in [2.75, 3.05) is 0 Å². The maximum absolute atomic E-state index is 6.62. The lowest BCUT2D eigenvalue weighted by atomic mass is 9.45. The molecule has 1 heterocycles. The maximum atomic E-state index is 6.62. The van der Waals surface area contributed by atoms with E-state index in [4.69, 9.17) is 4.74 Å². The Balaban J connectivity index is 1.56. The molecule has 4 aliphatic carbocycles. The smallest absolute Gasteiger partial charge is 0.130 e.